The molecule has 1 aliphatic rings. The Hall–Kier alpha value is -0.0800. The summed E-state index contributed by atoms with van der Waals surface area (Å²) in [6, 6.07) is 0. The molecule has 1 aliphatic carbocycles. The number of nitrogens with one attached hydrogen (secondary N) is 1. The highest BCUT2D eigenvalue weighted by Gasteiger charge is 2.40. The fourth-order valence-electron chi connectivity index (χ4n) is 2.35. The van der Waals surface area contributed by atoms with Crippen molar-refractivity contribution in [3.05, 3.63) is 0 Å². The van der Waals surface area contributed by atoms with Gasteiger partial charge in [-0.15, -0.1) is 0 Å². The summed E-state index contributed by atoms with van der Waals surface area (Å²) in [5, 5.41) is 3.33. The van der Waals surface area contributed by atoms with Crippen molar-refractivity contribution < 1.29 is 4.74 Å². The zero-order valence-electron chi connectivity index (χ0n) is 11.5. The van der Waals surface area contributed by atoms with Crippen LogP contribution in [0.3, 0.4) is 0 Å². The van der Waals surface area contributed by atoms with Crippen LogP contribution in [0.4, 0.5) is 0 Å². The van der Waals surface area contributed by atoms with E-state index in [0.29, 0.717) is 5.41 Å². The van der Waals surface area contributed by atoms with Gasteiger partial charge in [-0.05, 0) is 50.0 Å². The lowest BCUT2D eigenvalue weighted by Crippen LogP contribution is -2.33. The molecule has 0 saturated heterocycles. The van der Waals surface area contributed by atoms with Gasteiger partial charge in [0.1, 0.15) is 0 Å². The van der Waals surface area contributed by atoms with Gasteiger partial charge in [0, 0.05) is 19.8 Å². The maximum Gasteiger partial charge on any atom is 0.0471 e. The minimum absolute atomic E-state index is 0.465. The minimum atomic E-state index is 0.465. The molecule has 1 atom stereocenters. The molecule has 0 heterocycles. The van der Waals surface area contributed by atoms with Gasteiger partial charge in [-0.2, -0.15) is 0 Å². The van der Waals surface area contributed by atoms with Crippen LogP contribution < -0.4 is 5.32 Å². The number of rotatable bonds is 9. The van der Waals surface area contributed by atoms with E-state index >= 15 is 0 Å². The molecule has 2 nitrogen and oxygen atoms in total. The van der Waals surface area contributed by atoms with E-state index < -0.39 is 0 Å². The maximum absolute atomic E-state index is 5.74. The molecule has 0 aromatic carbocycles. The predicted molar refractivity (Wildman–Crippen MR) is 69.6 cm³/mol. The van der Waals surface area contributed by atoms with Crippen LogP contribution in [-0.2, 0) is 4.74 Å². The molecule has 1 saturated carbocycles. The summed E-state index contributed by atoms with van der Waals surface area (Å²) in [6.45, 7) is 9.90. The lowest BCUT2D eigenvalue weighted by atomic mass is 9.82. The van der Waals surface area contributed by atoms with E-state index in [1.807, 2.05) is 0 Å². The molecule has 0 aromatic rings. The number of hydrogen-bond donors (Lipinski definition) is 1. The van der Waals surface area contributed by atoms with Crippen molar-refractivity contribution >= 4 is 0 Å². The molecular weight excluding hydrogens is 198 g/mol. The first-order valence-electron chi connectivity index (χ1n) is 6.81. The van der Waals surface area contributed by atoms with Gasteiger partial charge in [0.05, 0.1) is 0 Å². The van der Waals surface area contributed by atoms with E-state index in [1.54, 1.807) is 0 Å². The fraction of sp³-hybridized carbons (Fsp3) is 1.00. The van der Waals surface area contributed by atoms with E-state index in [2.05, 4.69) is 33.1 Å². The quantitative estimate of drug-likeness (QED) is 0.611. The van der Waals surface area contributed by atoms with Crippen molar-refractivity contribution in [2.75, 3.05) is 26.8 Å². The Morgan fingerprint density at radius 3 is 2.50 bits per heavy atom. The standard InChI is InChI=1S/C14H29NO/c1-12(2)7-9-16-10-8-14(3,11-15-4)13-5-6-13/h12-13,15H,5-11H2,1-4H3. The van der Waals surface area contributed by atoms with Crippen LogP contribution in [0, 0.1) is 17.3 Å². The average molecular weight is 227 g/mol. The van der Waals surface area contributed by atoms with E-state index in [1.165, 1.54) is 25.7 Å². The van der Waals surface area contributed by atoms with Crippen LogP contribution in [0.1, 0.15) is 46.5 Å². The van der Waals surface area contributed by atoms with Crippen LogP contribution >= 0.6 is 0 Å². The van der Waals surface area contributed by atoms with Crippen molar-refractivity contribution in [1.82, 2.24) is 5.32 Å². The molecule has 16 heavy (non-hydrogen) atoms. The third kappa shape index (κ3) is 4.84. The molecule has 1 rings (SSSR count). The highest BCUT2D eigenvalue weighted by molar-refractivity contribution is 4.92. The lowest BCUT2D eigenvalue weighted by molar-refractivity contribution is 0.0840. The summed E-state index contributed by atoms with van der Waals surface area (Å²) in [7, 11) is 2.06. The largest absolute Gasteiger partial charge is 0.381 e. The Bertz CT molecular complexity index is 189. The number of ether oxygens (including phenoxy) is 1. The van der Waals surface area contributed by atoms with E-state index in [0.717, 1.165) is 31.6 Å². The summed E-state index contributed by atoms with van der Waals surface area (Å²) in [5.74, 6) is 1.70. The van der Waals surface area contributed by atoms with Gasteiger partial charge in [-0.3, -0.25) is 0 Å². The van der Waals surface area contributed by atoms with Gasteiger partial charge in [0.25, 0.3) is 0 Å². The lowest BCUT2D eigenvalue weighted by Gasteiger charge is -2.29. The summed E-state index contributed by atoms with van der Waals surface area (Å²) in [6.07, 6.45) is 5.23. The highest BCUT2D eigenvalue weighted by atomic mass is 16.5. The van der Waals surface area contributed by atoms with Crippen LogP contribution in [0.5, 0.6) is 0 Å². The first kappa shape index (κ1) is 14.0. The average Bonchev–Trinajstić information content (AvgIpc) is 3.00. The molecule has 1 N–H and O–H groups in total. The fourth-order valence-corrected chi connectivity index (χ4v) is 2.35. The molecule has 1 unspecified atom stereocenters. The first-order valence-corrected chi connectivity index (χ1v) is 6.81. The Morgan fingerprint density at radius 2 is 2.00 bits per heavy atom. The molecule has 0 spiro atoms. The van der Waals surface area contributed by atoms with Crippen molar-refractivity contribution in [3.8, 4) is 0 Å². The van der Waals surface area contributed by atoms with Gasteiger partial charge in [0.15, 0.2) is 0 Å². The molecule has 0 aliphatic heterocycles. The van der Waals surface area contributed by atoms with Crippen molar-refractivity contribution in [3.63, 3.8) is 0 Å². The SMILES string of the molecule is CNCC(C)(CCOCCC(C)C)C1CC1. The third-order valence-corrected chi connectivity index (χ3v) is 3.80. The second kappa shape index (κ2) is 6.61. The third-order valence-electron chi connectivity index (χ3n) is 3.80. The highest BCUT2D eigenvalue weighted by Crippen LogP contribution is 2.47. The predicted octanol–water partition coefficient (Wildman–Crippen LogP) is 3.07. The van der Waals surface area contributed by atoms with E-state index in [4.69, 9.17) is 4.74 Å². The van der Waals surface area contributed by atoms with Gasteiger partial charge in [0.2, 0.25) is 0 Å². The topological polar surface area (TPSA) is 21.3 Å². The van der Waals surface area contributed by atoms with Crippen molar-refractivity contribution in [1.29, 1.82) is 0 Å². The second-order valence-electron chi connectivity index (χ2n) is 6.00. The van der Waals surface area contributed by atoms with Gasteiger partial charge in [-0.25, -0.2) is 0 Å². The van der Waals surface area contributed by atoms with Crippen LogP contribution in [0.25, 0.3) is 0 Å². The van der Waals surface area contributed by atoms with E-state index in [9.17, 15) is 0 Å². The second-order valence-corrected chi connectivity index (χ2v) is 6.00. The molecule has 0 bridgehead atoms. The molecule has 0 radical (unpaired) electrons. The zero-order valence-corrected chi connectivity index (χ0v) is 11.5. The summed E-state index contributed by atoms with van der Waals surface area (Å²) < 4.78 is 5.74. The molecule has 0 amide bonds. The monoisotopic (exact) mass is 227 g/mol. The molecule has 96 valence electrons. The van der Waals surface area contributed by atoms with Crippen LogP contribution in [-0.4, -0.2) is 26.8 Å². The summed E-state index contributed by atoms with van der Waals surface area (Å²) >= 11 is 0. The molecular formula is C14H29NO. The van der Waals surface area contributed by atoms with E-state index in [-0.39, 0.29) is 0 Å². The maximum atomic E-state index is 5.74. The van der Waals surface area contributed by atoms with Crippen LogP contribution in [0.15, 0.2) is 0 Å². The Morgan fingerprint density at radius 1 is 1.31 bits per heavy atom. The van der Waals surface area contributed by atoms with Gasteiger partial charge < -0.3 is 10.1 Å². The van der Waals surface area contributed by atoms with Crippen LogP contribution in [0.2, 0.25) is 0 Å². The smallest absolute Gasteiger partial charge is 0.0471 e. The number of hydrogen-bond acceptors (Lipinski definition) is 2. The minimum Gasteiger partial charge on any atom is -0.381 e. The Balaban J connectivity index is 2.13. The summed E-state index contributed by atoms with van der Waals surface area (Å²) in [5.41, 5.74) is 0.465. The molecule has 1 fully saturated rings. The first-order chi connectivity index (χ1) is 7.58. The molecule has 0 aromatic heterocycles. The Labute approximate surface area is 101 Å². The van der Waals surface area contributed by atoms with Gasteiger partial charge >= 0.3 is 0 Å². The molecule has 2 heteroatoms. The zero-order chi connectivity index (χ0) is 12.0. The van der Waals surface area contributed by atoms with Crippen molar-refractivity contribution in [2.24, 2.45) is 17.3 Å². The normalized spacial score (nSPS) is 20.1. The Kier molecular flexibility index (Phi) is 5.77. The summed E-state index contributed by atoms with van der Waals surface area (Å²) in [4.78, 5) is 0. The van der Waals surface area contributed by atoms with Crippen molar-refractivity contribution in [2.45, 2.75) is 46.5 Å². The van der Waals surface area contributed by atoms with Gasteiger partial charge in [-0.1, -0.05) is 20.8 Å².